The maximum absolute atomic E-state index is 11.0. The van der Waals surface area contributed by atoms with Gasteiger partial charge in [0.15, 0.2) is 0 Å². The van der Waals surface area contributed by atoms with Gasteiger partial charge in [-0.15, -0.1) is 0 Å². The zero-order valence-electron chi connectivity index (χ0n) is 12.3. The molecule has 1 N–H and O–H groups in total. The second kappa shape index (κ2) is 4.77. The number of rotatable bonds is 3. The van der Waals surface area contributed by atoms with Crippen molar-refractivity contribution < 1.29 is 9.90 Å². The standard InChI is InChI=1S/C16H22N2O2/c1-10-11(2)16(20)5-4-15(10)12(3)18-8-13-6-14(18)7-17(13)9-19/h4-5,9,12-14,20H,6-8H2,1-3H3/t12-,13+,14+/m0/s1. The highest BCUT2D eigenvalue weighted by Crippen LogP contribution is 2.38. The Kier molecular flexibility index (Phi) is 3.21. The molecule has 0 spiro atoms. The summed E-state index contributed by atoms with van der Waals surface area (Å²) in [4.78, 5) is 15.4. The first kappa shape index (κ1) is 13.4. The van der Waals surface area contributed by atoms with Crippen molar-refractivity contribution in [1.82, 2.24) is 9.80 Å². The molecule has 4 heteroatoms. The molecule has 2 saturated heterocycles. The second-order valence-electron chi connectivity index (χ2n) is 6.14. The zero-order chi connectivity index (χ0) is 14.4. The average Bonchev–Trinajstić information content (AvgIpc) is 3.03. The van der Waals surface area contributed by atoms with Crippen LogP contribution in [0.15, 0.2) is 12.1 Å². The van der Waals surface area contributed by atoms with Crippen molar-refractivity contribution in [3.8, 4) is 5.75 Å². The van der Waals surface area contributed by atoms with Gasteiger partial charge in [-0.1, -0.05) is 6.07 Å². The van der Waals surface area contributed by atoms with Crippen molar-refractivity contribution in [2.24, 2.45) is 0 Å². The zero-order valence-corrected chi connectivity index (χ0v) is 12.3. The van der Waals surface area contributed by atoms with E-state index in [0.717, 1.165) is 31.5 Å². The van der Waals surface area contributed by atoms with Crippen LogP contribution in [0.3, 0.4) is 0 Å². The van der Waals surface area contributed by atoms with E-state index in [1.54, 1.807) is 6.07 Å². The van der Waals surface area contributed by atoms with E-state index in [9.17, 15) is 9.90 Å². The Bertz CT molecular complexity index is 544. The fourth-order valence-electron chi connectivity index (χ4n) is 3.79. The third-order valence-corrected chi connectivity index (χ3v) is 5.21. The van der Waals surface area contributed by atoms with Crippen molar-refractivity contribution in [1.29, 1.82) is 0 Å². The van der Waals surface area contributed by atoms with Crippen LogP contribution >= 0.6 is 0 Å². The van der Waals surface area contributed by atoms with Crippen LogP contribution in [0.2, 0.25) is 0 Å². The molecule has 1 aromatic carbocycles. The van der Waals surface area contributed by atoms with Gasteiger partial charge >= 0.3 is 0 Å². The van der Waals surface area contributed by atoms with Gasteiger partial charge in [0.25, 0.3) is 0 Å². The molecule has 3 atom stereocenters. The number of carbonyl (C=O) groups excluding carboxylic acids is 1. The summed E-state index contributed by atoms with van der Waals surface area (Å²) in [5.41, 5.74) is 3.42. The van der Waals surface area contributed by atoms with E-state index in [1.165, 1.54) is 11.1 Å². The van der Waals surface area contributed by atoms with E-state index in [1.807, 2.05) is 17.9 Å². The highest BCUT2D eigenvalue weighted by Gasteiger charge is 2.44. The normalized spacial score (nSPS) is 27.1. The monoisotopic (exact) mass is 274 g/mol. The lowest BCUT2D eigenvalue weighted by Gasteiger charge is -2.37. The Morgan fingerprint density at radius 1 is 1.25 bits per heavy atom. The summed E-state index contributed by atoms with van der Waals surface area (Å²) in [6.07, 6.45) is 2.09. The van der Waals surface area contributed by atoms with Crippen molar-refractivity contribution in [2.45, 2.75) is 45.3 Å². The number of hydrogen-bond acceptors (Lipinski definition) is 3. The molecule has 0 radical (unpaired) electrons. The number of fused-ring (bicyclic) bond motifs is 2. The molecule has 2 fully saturated rings. The first-order valence-corrected chi connectivity index (χ1v) is 7.28. The van der Waals surface area contributed by atoms with Crippen LogP contribution in [0.4, 0.5) is 0 Å². The third kappa shape index (κ3) is 1.90. The van der Waals surface area contributed by atoms with Crippen molar-refractivity contribution in [2.75, 3.05) is 13.1 Å². The van der Waals surface area contributed by atoms with Crippen LogP contribution in [0.1, 0.15) is 36.1 Å². The van der Waals surface area contributed by atoms with Crippen molar-refractivity contribution in [3.05, 3.63) is 28.8 Å². The summed E-state index contributed by atoms with van der Waals surface area (Å²) in [7, 11) is 0. The van der Waals surface area contributed by atoms with Gasteiger partial charge in [-0.2, -0.15) is 0 Å². The Morgan fingerprint density at radius 3 is 2.60 bits per heavy atom. The van der Waals surface area contributed by atoms with Crippen LogP contribution < -0.4 is 0 Å². The molecule has 20 heavy (non-hydrogen) atoms. The number of nitrogens with zero attached hydrogens (tertiary/aromatic N) is 2. The summed E-state index contributed by atoms with van der Waals surface area (Å²) in [5.74, 6) is 0.369. The molecule has 1 amide bonds. The van der Waals surface area contributed by atoms with Crippen LogP contribution in [-0.4, -0.2) is 46.5 Å². The predicted molar refractivity (Wildman–Crippen MR) is 77.7 cm³/mol. The number of amides is 1. The molecular weight excluding hydrogens is 252 g/mol. The number of piperazine rings is 1. The molecule has 2 aliphatic rings. The molecular formula is C16H22N2O2. The van der Waals surface area contributed by atoms with E-state index in [2.05, 4.69) is 18.7 Å². The van der Waals surface area contributed by atoms with Crippen LogP contribution in [-0.2, 0) is 4.79 Å². The molecule has 4 nitrogen and oxygen atoms in total. The molecule has 0 unspecified atom stereocenters. The number of carbonyl (C=O) groups is 1. The highest BCUT2D eigenvalue weighted by atomic mass is 16.3. The van der Waals surface area contributed by atoms with E-state index in [-0.39, 0.29) is 0 Å². The van der Waals surface area contributed by atoms with Crippen molar-refractivity contribution >= 4 is 6.41 Å². The molecule has 2 aliphatic heterocycles. The number of hydrogen-bond donors (Lipinski definition) is 1. The number of aromatic hydroxyl groups is 1. The quantitative estimate of drug-likeness (QED) is 0.857. The summed E-state index contributed by atoms with van der Waals surface area (Å²) in [5, 5.41) is 9.78. The average molecular weight is 274 g/mol. The van der Waals surface area contributed by atoms with Crippen molar-refractivity contribution in [3.63, 3.8) is 0 Å². The molecule has 108 valence electrons. The topological polar surface area (TPSA) is 43.8 Å². The third-order valence-electron chi connectivity index (χ3n) is 5.21. The molecule has 3 rings (SSSR count). The second-order valence-corrected chi connectivity index (χ2v) is 6.14. The SMILES string of the molecule is Cc1c(O)ccc([C@H](C)N2C[C@H]3C[C@@H]2CN3C=O)c1C. The lowest BCUT2D eigenvalue weighted by Crippen LogP contribution is -2.46. The lowest BCUT2D eigenvalue weighted by molar-refractivity contribution is -0.120. The Labute approximate surface area is 120 Å². The Morgan fingerprint density at radius 2 is 2.00 bits per heavy atom. The molecule has 0 saturated carbocycles. The van der Waals surface area contributed by atoms with Gasteiger partial charge in [0.2, 0.25) is 6.41 Å². The number of phenolic OH excluding ortho intramolecular Hbond substituents is 1. The molecule has 2 bridgehead atoms. The van der Waals surface area contributed by atoms with Gasteiger partial charge in [-0.05, 0) is 49.9 Å². The van der Waals surface area contributed by atoms with Gasteiger partial charge in [-0.25, -0.2) is 0 Å². The Balaban J connectivity index is 1.83. The van der Waals surface area contributed by atoms with Gasteiger partial charge < -0.3 is 10.0 Å². The summed E-state index contributed by atoms with van der Waals surface area (Å²) in [6, 6.07) is 5.02. The summed E-state index contributed by atoms with van der Waals surface area (Å²) >= 11 is 0. The number of likely N-dealkylation sites (tertiary alicyclic amines) is 2. The van der Waals surface area contributed by atoms with E-state index in [0.29, 0.717) is 23.9 Å². The maximum Gasteiger partial charge on any atom is 0.210 e. The maximum atomic E-state index is 11.0. The van der Waals surface area contributed by atoms with Crippen LogP contribution in [0, 0.1) is 13.8 Å². The smallest absolute Gasteiger partial charge is 0.210 e. The number of benzene rings is 1. The van der Waals surface area contributed by atoms with E-state index < -0.39 is 0 Å². The Hall–Kier alpha value is -1.55. The van der Waals surface area contributed by atoms with Crippen LogP contribution in [0.5, 0.6) is 5.75 Å². The van der Waals surface area contributed by atoms with Gasteiger partial charge in [0, 0.05) is 31.2 Å². The largest absolute Gasteiger partial charge is 0.508 e. The minimum Gasteiger partial charge on any atom is -0.508 e. The number of phenols is 1. The van der Waals surface area contributed by atoms with E-state index >= 15 is 0 Å². The summed E-state index contributed by atoms with van der Waals surface area (Å²) in [6.45, 7) is 8.08. The first-order valence-electron chi connectivity index (χ1n) is 7.28. The fourth-order valence-corrected chi connectivity index (χ4v) is 3.79. The van der Waals surface area contributed by atoms with Gasteiger partial charge in [0.1, 0.15) is 5.75 Å². The molecule has 2 heterocycles. The first-order chi connectivity index (χ1) is 9.52. The van der Waals surface area contributed by atoms with Gasteiger partial charge in [0.05, 0.1) is 0 Å². The van der Waals surface area contributed by atoms with Crippen LogP contribution in [0.25, 0.3) is 0 Å². The minimum atomic E-state index is 0.332. The minimum absolute atomic E-state index is 0.332. The molecule has 1 aromatic rings. The molecule has 0 aromatic heterocycles. The fraction of sp³-hybridized carbons (Fsp3) is 0.562. The highest BCUT2D eigenvalue weighted by molar-refractivity contribution is 5.50. The van der Waals surface area contributed by atoms with Gasteiger partial charge in [-0.3, -0.25) is 9.69 Å². The predicted octanol–water partition coefficient (Wildman–Crippen LogP) is 1.98. The lowest BCUT2D eigenvalue weighted by atomic mass is 9.96. The summed E-state index contributed by atoms with van der Waals surface area (Å²) < 4.78 is 0. The molecule has 0 aliphatic carbocycles. The van der Waals surface area contributed by atoms with E-state index in [4.69, 9.17) is 0 Å².